The van der Waals surface area contributed by atoms with Crippen molar-refractivity contribution in [1.82, 2.24) is 14.3 Å². The van der Waals surface area contributed by atoms with Gasteiger partial charge in [0, 0.05) is 24.7 Å². The zero-order valence-corrected chi connectivity index (χ0v) is 16.6. The molecule has 30 heavy (non-hydrogen) atoms. The number of carbonyl (C=O) groups is 2. The van der Waals surface area contributed by atoms with Gasteiger partial charge in [0.05, 0.1) is 36.8 Å². The van der Waals surface area contributed by atoms with Crippen LogP contribution in [0.5, 0.6) is 0 Å². The minimum Gasteiger partial charge on any atom is -0.464 e. The molecule has 4 aromatic rings. The lowest BCUT2D eigenvalue weighted by atomic mass is 10.2. The lowest BCUT2D eigenvalue weighted by Crippen LogP contribution is -2.20. The van der Waals surface area contributed by atoms with Gasteiger partial charge in [-0.2, -0.15) is 5.10 Å². The second-order valence-electron chi connectivity index (χ2n) is 6.76. The van der Waals surface area contributed by atoms with Crippen molar-refractivity contribution in [2.24, 2.45) is 7.05 Å². The van der Waals surface area contributed by atoms with Crippen molar-refractivity contribution in [1.29, 1.82) is 0 Å². The van der Waals surface area contributed by atoms with Crippen molar-refractivity contribution >= 4 is 28.7 Å². The quantitative estimate of drug-likeness (QED) is 0.509. The maximum absolute atomic E-state index is 14.2. The van der Waals surface area contributed by atoms with Gasteiger partial charge in [0.25, 0.3) is 5.91 Å². The number of nitrogens with zero attached hydrogens (tertiary/aromatic N) is 3. The minimum absolute atomic E-state index is 0.124. The summed E-state index contributed by atoms with van der Waals surface area (Å²) in [6, 6.07) is 9.65. The predicted molar refractivity (Wildman–Crippen MR) is 107 cm³/mol. The van der Waals surface area contributed by atoms with Crippen LogP contribution >= 0.6 is 0 Å². The average molecular weight is 410 g/mol. The van der Waals surface area contributed by atoms with Crippen LogP contribution < -0.4 is 5.32 Å². The molecule has 3 aromatic heterocycles. The van der Waals surface area contributed by atoms with Gasteiger partial charge in [-0.1, -0.05) is 18.2 Å². The number of aryl methyl sites for hydroxylation is 2. The summed E-state index contributed by atoms with van der Waals surface area (Å²) >= 11 is 0. The first-order valence-corrected chi connectivity index (χ1v) is 9.14. The zero-order valence-electron chi connectivity index (χ0n) is 16.6. The number of furan rings is 1. The van der Waals surface area contributed by atoms with Crippen LogP contribution in [-0.4, -0.2) is 33.3 Å². The van der Waals surface area contributed by atoms with Crippen LogP contribution in [0.15, 0.2) is 47.1 Å². The van der Waals surface area contributed by atoms with Crippen molar-refractivity contribution in [2.75, 3.05) is 12.4 Å². The summed E-state index contributed by atoms with van der Waals surface area (Å²) < 4.78 is 27.5. The molecule has 9 heteroatoms. The van der Waals surface area contributed by atoms with Crippen molar-refractivity contribution in [3.05, 3.63) is 71.1 Å². The highest BCUT2D eigenvalue weighted by molar-refractivity contribution is 6.09. The number of benzene rings is 1. The Morgan fingerprint density at radius 2 is 2.03 bits per heavy atom. The molecule has 0 unspecified atom stereocenters. The van der Waals surface area contributed by atoms with Gasteiger partial charge in [0.15, 0.2) is 11.3 Å². The predicted octanol–water partition coefficient (Wildman–Crippen LogP) is 3.50. The lowest BCUT2D eigenvalue weighted by molar-refractivity contribution is 0.0589. The molecule has 0 radical (unpaired) electrons. The molecule has 0 aliphatic rings. The van der Waals surface area contributed by atoms with Gasteiger partial charge in [-0.25, -0.2) is 9.18 Å². The molecule has 3 heterocycles. The van der Waals surface area contributed by atoms with E-state index < -0.39 is 11.9 Å². The lowest BCUT2D eigenvalue weighted by Gasteiger charge is -2.12. The minimum atomic E-state index is -0.621. The molecule has 0 aliphatic carbocycles. The summed E-state index contributed by atoms with van der Waals surface area (Å²) in [5, 5.41) is 6.93. The van der Waals surface area contributed by atoms with Gasteiger partial charge >= 0.3 is 5.97 Å². The maximum atomic E-state index is 14.2. The van der Waals surface area contributed by atoms with E-state index >= 15 is 0 Å². The van der Waals surface area contributed by atoms with E-state index in [2.05, 4.69) is 10.4 Å². The first kappa shape index (κ1) is 19.4. The van der Waals surface area contributed by atoms with Crippen LogP contribution in [0.3, 0.4) is 0 Å². The van der Waals surface area contributed by atoms with E-state index in [1.54, 1.807) is 48.9 Å². The van der Waals surface area contributed by atoms with Gasteiger partial charge in [-0.15, -0.1) is 0 Å². The highest BCUT2D eigenvalue weighted by Gasteiger charge is 2.25. The summed E-state index contributed by atoms with van der Waals surface area (Å²) in [7, 11) is 2.84. The third-order valence-corrected chi connectivity index (χ3v) is 4.88. The summed E-state index contributed by atoms with van der Waals surface area (Å²) in [4.78, 5) is 25.3. The number of fused-ring (bicyclic) bond motifs is 1. The number of esters is 1. The maximum Gasteiger partial charge on any atom is 0.358 e. The highest BCUT2D eigenvalue weighted by atomic mass is 19.1. The molecule has 1 aromatic carbocycles. The fraction of sp³-hybridized carbons (Fsp3) is 0.190. The Labute approximate surface area is 170 Å². The number of aromatic nitrogens is 3. The average Bonchev–Trinajstić information content (AvgIpc) is 3.38. The Balaban J connectivity index is 1.74. The van der Waals surface area contributed by atoms with Crippen LogP contribution in [0, 0.1) is 12.7 Å². The monoisotopic (exact) mass is 410 g/mol. The number of halogens is 1. The van der Waals surface area contributed by atoms with E-state index in [1.807, 2.05) is 0 Å². The van der Waals surface area contributed by atoms with Gasteiger partial charge in [0.1, 0.15) is 11.5 Å². The first-order chi connectivity index (χ1) is 14.4. The first-order valence-electron chi connectivity index (χ1n) is 9.14. The molecule has 1 N–H and O–H groups in total. The van der Waals surface area contributed by atoms with E-state index in [0.29, 0.717) is 22.4 Å². The van der Waals surface area contributed by atoms with Crippen LogP contribution in [0.2, 0.25) is 0 Å². The second-order valence-corrected chi connectivity index (χ2v) is 6.76. The van der Waals surface area contributed by atoms with Crippen molar-refractivity contribution < 1.29 is 23.1 Å². The largest absolute Gasteiger partial charge is 0.464 e. The van der Waals surface area contributed by atoms with E-state index in [1.165, 1.54) is 24.1 Å². The molecule has 154 valence electrons. The van der Waals surface area contributed by atoms with Crippen molar-refractivity contribution in [3.63, 3.8) is 0 Å². The molecule has 0 fully saturated rings. The topological polar surface area (TPSA) is 91.3 Å². The molecule has 0 saturated heterocycles. The van der Waals surface area contributed by atoms with E-state index in [-0.39, 0.29) is 29.4 Å². The van der Waals surface area contributed by atoms with Crippen LogP contribution in [0.4, 0.5) is 10.1 Å². The number of carbonyl (C=O) groups excluding carboxylic acids is 2. The highest BCUT2D eigenvalue weighted by Crippen LogP contribution is 2.26. The molecule has 0 aliphatic heterocycles. The SMILES string of the molecule is COC(=O)c1c(NC(=O)c2cc3occc3n2Cc2ccccc2F)c(C)nn1C. The molecule has 4 rings (SSSR count). The fourth-order valence-electron chi connectivity index (χ4n) is 3.45. The van der Waals surface area contributed by atoms with Crippen LogP contribution in [0.25, 0.3) is 11.1 Å². The number of hydrogen-bond donors (Lipinski definition) is 1. The molecule has 0 atom stereocenters. The molecule has 0 saturated carbocycles. The summed E-state index contributed by atoms with van der Waals surface area (Å²) in [6.07, 6.45) is 1.50. The molecular weight excluding hydrogens is 391 g/mol. The van der Waals surface area contributed by atoms with Gasteiger partial charge < -0.3 is 19.0 Å². The van der Waals surface area contributed by atoms with Crippen LogP contribution in [-0.2, 0) is 18.3 Å². The Hall–Kier alpha value is -3.88. The van der Waals surface area contributed by atoms with Crippen LogP contribution in [0.1, 0.15) is 32.2 Å². The number of nitrogens with one attached hydrogen (secondary N) is 1. The molecule has 8 nitrogen and oxygen atoms in total. The normalized spacial score (nSPS) is 11.1. The van der Waals surface area contributed by atoms with Crippen molar-refractivity contribution in [2.45, 2.75) is 13.5 Å². The second kappa shape index (κ2) is 7.51. The number of hydrogen-bond acceptors (Lipinski definition) is 5. The number of rotatable bonds is 5. The molecule has 0 bridgehead atoms. The summed E-state index contributed by atoms with van der Waals surface area (Å²) in [5.41, 5.74) is 2.67. The van der Waals surface area contributed by atoms with Gasteiger partial charge in [0.2, 0.25) is 0 Å². The van der Waals surface area contributed by atoms with Gasteiger partial charge in [-0.3, -0.25) is 9.48 Å². The Kier molecular flexibility index (Phi) is 4.86. The number of anilines is 1. The third kappa shape index (κ3) is 3.24. The van der Waals surface area contributed by atoms with E-state index in [4.69, 9.17) is 9.15 Å². The van der Waals surface area contributed by atoms with E-state index in [9.17, 15) is 14.0 Å². The number of methoxy groups -OCH3 is 1. The summed E-state index contributed by atoms with van der Waals surface area (Å²) in [5.74, 6) is -1.48. The molecule has 1 amide bonds. The third-order valence-electron chi connectivity index (χ3n) is 4.88. The van der Waals surface area contributed by atoms with E-state index in [0.717, 1.165) is 0 Å². The molecular formula is C21H19FN4O4. The zero-order chi connectivity index (χ0) is 21.4. The summed E-state index contributed by atoms with van der Waals surface area (Å²) in [6.45, 7) is 1.81. The Bertz CT molecular complexity index is 1270. The fourth-order valence-corrected chi connectivity index (χ4v) is 3.45. The number of ether oxygens (including phenoxy) is 1. The molecule has 0 spiro atoms. The van der Waals surface area contributed by atoms with Crippen molar-refractivity contribution in [3.8, 4) is 0 Å². The Morgan fingerprint density at radius 3 is 2.77 bits per heavy atom. The Morgan fingerprint density at radius 1 is 1.27 bits per heavy atom. The number of amides is 1. The smallest absolute Gasteiger partial charge is 0.358 e. The standard InChI is InChI=1S/C21H19FN4O4/c1-12-18(19(21(28)29-3)25(2)24-12)23-20(27)16-10-17-15(8-9-30-17)26(16)11-13-6-4-5-7-14(13)22/h4-10H,11H2,1-3H3,(H,23,27). The van der Waals surface area contributed by atoms with Gasteiger partial charge in [-0.05, 0) is 13.0 Å².